The fourth-order valence-electron chi connectivity index (χ4n) is 14.3. The van der Waals surface area contributed by atoms with E-state index >= 15 is 0 Å². The van der Waals surface area contributed by atoms with Gasteiger partial charge in [0.05, 0.1) is 12.2 Å². The molecule has 8 aliphatic rings. The van der Waals surface area contributed by atoms with Gasteiger partial charge in [0.2, 0.25) is 0 Å². The molecule has 3 heterocycles. The van der Waals surface area contributed by atoms with Gasteiger partial charge in [-0.15, -0.1) is 0 Å². The number of piperazine rings is 1. The maximum Gasteiger partial charge on any atom is 0.410 e. The predicted octanol–water partition coefficient (Wildman–Crippen LogP) is 8.37. The van der Waals surface area contributed by atoms with Crippen molar-refractivity contribution in [2.75, 3.05) is 39.3 Å². The van der Waals surface area contributed by atoms with Crippen LogP contribution in [0, 0.1) is 51.2 Å². The molecule has 11 unspecified atom stereocenters. The van der Waals surface area contributed by atoms with Gasteiger partial charge in [-0.2, -0.15) is 0 Å². The first-order valence-electron chi connectivity index (χ1n) is 21.2. The standard InChI is InChI=1S/C42H69N3O5/c1-8-28(9-2)43-21-23-45(24-22-43)37(46)49-35-15-16-42-26-41(42)18-17-40(7)30-11-13-32(36(27(3)4)50-38(47)44-19-10-20-44)48-33(30)25-31(40)29(41)12-14-34(42)39(35,5)6/h27-36H,8-26H2,1-7H3. The number of amides is 2. The molecule has 3 aliphatic heterocycles. The molecular formula is C42H69N3O5. The summed E-state index contributed by atoms with van der Waals surface area (Å²) in [5.41, 5.74) is 1.25. The van der Waals surface area contributed by atoms with Crippen LogP contribution in [0.1, 0.15) is 132 Å². The SMILES string of the molecule is CCC(CC)N1CCN(C(=O)OC2CCC34CC35CCC3(C)C6CCC(C(OC(=O)N7CCC7)C(C)C)OC6CC3C5CCC4C2(C)C)CC1. The van der Waals surface area contributed by atoms with Crippen LogP contribution in [0.15, 0.2) is 0 Å². The third-order valence-electron chi connectivity index (χ3n) is 17.2. The third-order valence-corrected chi connectivity index (χ3v) is 17.2. The number of hydrogen-bond acceptors (Lipinski definition) is 6. The molecule has 8 heteroatoms. The van der Waals surface area contributed by atoms with Crippen molar-refractivity contribution in [1.29, 1.82) is 0 Å². The Kier molecular flexibility index (Phi) is 9.09. The molecule has 11 atom stereocenters. The second-order valence-corrected chi connectivity index (χ2v) is 19.6. The number of ether oxygens (including phenoxy) is 3. The van der Waals surface area contributed by atoms with Crippen molar-refractivity contribution >= 4 is 12.2 Å². The normalized spacial score (nSPS) is 43.9. The van der Waals surface area contributed by atoms with Crippen molar-refractivity contribution in [2.45, 2.75) is 162 Å². The van der Waals surface area contributed by atoms with Gasteiger partial charge >= 0.3 is 12.2 Å². The van der Waals surface area contributed by atoms with Crippen molar-refractivity contribution in [2.24, 2.45) is 51.2 Å². The Labute approximate surface area is 303 Å². The third kappa shape index (κ3) is 5.31. The van der Waals surface area contributed by atoms with Gasteiger partial charge in [-0.3, -0.25) is 4.90 Å². The number of carbonyl (C=O) groups excluding carboxylic acids is 2. The summed E-state index contributed by atoms with van der Waals surface area (Å²) in [7, 11) is 0. The molecule has 0 aromatic heterocycles. The highest BCUT2D eigenvalue weighted by Gasteiger charge is 2.81. The van der Waals surface area contributed by atoms with Crippen LogP contribution in [0.25, 0.3) is 0 Å². The van der Waals surface area contributed by atoms with E-state index in [-0.39, 0.29) is 41.8 Å². The van der Waals surface area contributed by atoms with Gasteiger partial charge in [-0.1, -0.05) is 48.5 Å². The maximum absolute atomic E-state index is 13.6. The zero-order valence-electron chi connectivity index (χ0n) is 32.6. The molecule has 282 valence electrons. The zero-order chi connectivity index (χ0) is 35.2. The molecule has 2 amide bonds. The molecule has 8 rings (SSSR count). The molecule has 0 radical (unpaired) electrons. The molecule has 0 aromatic carbocycles. The molecule has 5 aliphatic carbocycles. The van der Waals surface area contributed by atoms with Crippen molar-refractivity contribution in [3.63, 3.8) is 0 Å². The number of fused-ring (bicyclic) bond motifs is 4. The first-order valence-corrected chi connectivity index (χ1v) is 21.2. The summed E-state index contributed by atoms with van der Waals surface area (Å²) in [6.07, 6.45) is 15.7. The van der Waals surface area contributed by atoms with E-state index in [2.05, 4.69) is 53.4 Å². The highest BCUT2D eigenvalue weighted by Crippen LogP contribution is 2.87. The quantitative estimate of drug-likeness (QED) is 0.267. The van der Waals surface area contributed by atoms with Gasteiger partial charge in [0.25, 0.3) is 0 Å². The average molecular weight is 696 g/mol. The van der Waals surface area contributed by atoms with Crippen molar-refractivity contribution < 1.29 is 23.8 Å². The highest BCUT2D eigenvalue weighted by atomic mass is 16.6. The monoisotopic (exact) mass is 696 g/mol. The number of likely N-dealkylation sites (tertiary alicyclic amines) is 1. The summed E-state index contributed by atoms with van der Waals surface area (Å²) in [6, 6.07) is 0.626. The lowest BCUT2D eigenvalue weighted by molar-refractivity contribution is -0.151. The summed E-state index contributed by atoms with van der Waals surface area (Å²) in [5, 5.41) is 0. The van der Waals surface area contributed by atoms with Crippen molar-refractivity contribution in [3.8, 4) is 0 Å². The zero-order valence-corrected chi connectivity index (χ0v) is 32.6. The summed E-state index contributed by atoms with van der Waals surface area (Å²) < 4.78 is 19.7. The van der Waals surface area contributed by atoms with Crippen LogP contribution in [0.2, 0.25) is 0 Å². The second-order valence-electron chi connectivity index (χ2n) is 19.6. The van der Waals surface area contributed by atoms with Gasteiger partial charge in [0.15, 0.2) is 0 Å². The minimum Gasteiger partial charge on any atom is -0.446 e. The van der Waals surface area contributed by atoms with Gasteiger partial charge in [-0.05, 0) is 129 Å². The number of rotatable bonds is 7. The minimum atomic E-state index is -0.168. The summed E-state index contributed by atoms with van der Waals surface area (Å²) in [4.78, 5) is 32.8. The van der Waals surface area contributed by atoms with Crippen LogP contribution < -0.4 is 0 Å². The molecule has 50 heavy (non-hydrogen) atoms. The fourth-order valence-corrected chi connectivity index (χ4v) is 14.3. The molecule has 8 fully saturated rings. The van der Waals surface area contributed by atoms with Crippen LogP contribution in [0.4, 0.5) is 9.59 Å². The topological polar surface area (TPSA) is 71.6 Å². The van der Waals surface area contributed by atoms with Crippen LogP contribution >= 0.6 is 0 Å². The number of hydrogen-bond donors (Lipinski definition) is 0. The first kappa shape index (κ1) is 35.5. The Bertz CT molecular complexity index is 1290. The lowest BCUT2D eigenvalue weighted by atomic mass is 9.46. The number of carbonyl (C=O) groups is 2. The lowest BCUT2D eigenvalue weighted by Crippen LogP contribution is -2.56. The Morgan fingerprint density at radius 2 is 1.48 bits per heavy atom. The predicted molar refractivity (Wildman–Crippen MR) is 195 cm³/mol. The lowest BCUT2D eigenvalue weighted by Gasteiger charge is -2.59. The maximum atomic E-state index is 13.6. The summed E-state index contributed by atoms with van der Waals surface area (Å²) in [6.45, 7) is 21.6. The van der Waals surface area contributed by atoms with Gasteiger partial charge in [0, 0.05) is 50.7 Å². The molecular weight excluding hydrogens is 626 g/mol. The van der Waals surface area contributed by atoms with Crippen LogP contribution in [-0.2, 0) is 14.2 Å². The Morgan fingerprint density at radius 1 is 0.780 bits per heavy atom. The van der Waals surface area contributed by atoms with E-state index in [0.717, 1.165) is 70.4 Å². The summed E-state index contributed by atoms with van der Waals surface area (Å²) in [5.74, 6) is 3.01. The van der Waals surface area contributed by atoms with Gasteiger partial charge in [0.1, 0.15) is 12.2 Å². The Balaban J connectivity index is 0.918. The Hall–Kier alpha value is -1.54. The molecule has 5 saturated carbocycles. The minimum absolute atomic E-state index is 0.000187. The van der Waals surface area contributed by atoms with Crippen LogP contribution in [0.3, 0.4) is 0 Å². The molecule has 0 bridgehead atoms. The van der Waals surface area contributed by atoms with E-state index in [0.29, 0.717) is 40.2 Å². The fraction of sp³-hybridized carbons (Fsp3) is 0.952. The van der Waals surface area contributed by atoms with Crippen LogP contribution in [-0.4, -0.2) is 96.6 Å². The van der Waals surface area contributed by atoms with Gasteiger partial charge in [-0.25, -0.2) is 9.59 Å². The van der Waals surface area contributed by atoms with Crippen molar-refractivity contribution in [1.82, 2.24) is 14.7 Å². The average Bonchev–Trinajstić information content (AvgIpc) is 3.64. The largest absolute Gasteiger partial charge is 0.446 e. The van der Waals surface area contributed by atoms with E-state index in [4.69, 9.17) is 14.2 Å². The van der Waals surface area contributed by atoms with E-state index in [1.807, 2.05) is 9.80 Å². The highest BCUT2D eigenvalue weighted by molar-refractivity contribution is 5.69. The van der Waals surface area contributed by atoms with Crippen molar-refractivity contribution in [3.05, 3.63) is 0 Å². The molecule has 2 spiro atoms. The van der Waals surface area contributed by atoms with E-state index < -0.39 is 0 Å². The van der Waals surface area contributed by atoms with E-state index in [1.54, 1.807) is 0 Å². The molecule has 3 saturated heterocycles. The molecule has 0 N–H and O–H groups in total. The molecule has 0 aromatic rings. The van der Waals surface area contributed by atoms with Crippen LogP contribution in [0.5, 0.6) is 0 Å². The molecule has 8 nitrogen and oxygen atoms in total. The van der Waals surface area contributed by atoms with E-state index in [1.165, 1.54) is 64.2 Å². The van der Waals surface area contributed by atoms with Gasteiger partial charge < -0.3 is 24.0 Å². The van der Waals surface area contributed by atoms with E-state index in [9.17, 15) is 9.59 Å². The first-order chi connectivity index (χ1) is 23.9. The Morgan fingerprint density at radius 3 is 2.14 bits per heavy atom. The summed E-state index contributed by atoms with van der Waals surface area (Å²) >= 11 is 0. The smallest absolute Gasteiger partial charge is 0.410 e. The number of nitrogens with zero attached hydrogens (tertiary/aromatic N) is 3. The second kappa shape index (κ2) is 12.8.